The highest BCUT2D eigenvalue weighted by Crippen LogP contribution is 2.26. The lowest BCUT2D eigenvalue weighted by Crippen LogP contribution is -2.59. The Morgan fingerprint density at radius 1 is 1.45 bits per heavy atom. The quantitative estimate of drug-likeness (QED) is 0.809. The molecule has 1 saturated heterocycles. The third-order valence-electron chi connectivity index (χ3n) is 3.78. The minimum atomic E-state index is -0.919. The molecule has 0 aromatic rings. The summed E-state index contributed by atoms with van der Waals surface area (Å²) in [4.78, 5) is 27.4. The lowest BCUT2D eigenvalue weighted by atomic mass is 9.91. The van der Waals surface area contributed by atoms with Crippen LogP contribution in [0.1, 0.15) is 40.5 Å². The van der Waals surface area contributed by atoms with E-state index in [-0.39, 0.29) is 17.5 Å². The first-order valence-electron chi connectivity index (χ1n) is 7.12. The molecule has 0 spiro atoms. The minimum Gasteiger partial charge on any atom is -0.480 e. The molecule has 2 unspecified atom stereocenters. The highest BCUT2D eigenvalue weighted by Gasteiger charge is 2.40. The number of urea groups is 1. The van der Waals surface area contributed by atoms with Crippen molar-refractivity contribution in [2.45, 2.75) is 52.1 Å². The first-order chi connectivity index (χ1) is 9.20. The number of aliphatic carboxylic acids is 1. The van der Waals surface area contributed by atoms with Crippen molar-refractivity contribution in [3.63, 3.8) is 0 Å². The Kier molecular flexibility index (Phi) is 5.20. The smallest absolute Gasteiger partial charge is 0.326 e. The summed E-state index contributed by atoms with van der Waals surface area (Å²) < 4.78 is 0. The van der Waals surface area contributed by atoms with Gasteiger partial charge in [0.1, 0.15) is 6.04 Å². The van der Waals surface area contributed by atoms with Gasteiger partial charge in [-0.05, 0) is 39.5 Å². The number of hydrogen-bond acceptors (Lipinski definition) is 2. The molecule has 1 aliphatic rings. The van der Waals surface area contributed by atoms with Gasteiger partial charge in [0.05, 0.1) is 0 Å². The molecule has 114 valence electrons. The molecule has 0 bridgehead atoms. The van der Waals surface area contributed by atoms with Gasteiger partial charge in [0.2, 0.25) is 0 Å². The number of carbonyl (C=O) groups excluding carboxylic acids is 1. The number of hydrogen-bond donors (Lipinski definition) is 1. The maximum absolute atomic E-state index is 12.7. The molecule has 1 aliphatic heterocycles. The Labute approximate surface area is 121 Å². The van der Waals surface area contributed by atoms with Crippen LogP contribution in [0.5, 0.6) is 0 Å². The lowest BCUT2D eigenvalue weighted by Gasteiger charge is -2.43. The molecule has 0 aliphatic carbocycles. The van der Waals surface area contributed by atoms with Gasteiger partial charge in [-0.1, -0.05) is 13.0 Å². The van der Waals surface area contributed by atoms with E-state index in [1.54, 1.807) is 11.0 Å². The SMILES string of the molecule is C=CCN(C(=O)N1CCCC(C)C1C(=O)O)C(C)(C)C. The fraction of sp³-hybridized carbons (Fsp3) is 0.733. The largest absolute Gasteiger partial charge is 0.480 e. The first kappa shape index (κ1) is 16.5. The average molecular weight is 282 g/mol. The predicted octanol–water partition coefficient (Wildman–Crippen LogP) is 2.58. The molecular weight excluding hydrogens is 256 g/mol. The zero-order valence-electron chi connectivity index (χ0n) is 12.9. The summed E-state index contributed by atoms with van der Waals surface area (Å²) in [5.74, 6) is -0.936. The third-order valence-corrected chi connectivity index (χ3v) is 3.78. The maximum atomic E-state index is 12.7. The van der Waals surface area contributed by atoms with Crippen LogP contribution in [0, 0.1) is 5.92 Å². The number of carboxylic acid groups (broad SMARTS) is 1. The third kappa shape index (κ3) is 3.52. The minimum absolute atomic E-state index is 0.0178. The van der Waals surface area contributed by atoms with Crippen LogP contribution in [0.15, 0.2) is 12.7 Å². The summed E-state index contributed by atoms with van der Waals surface area (Å²) in [5, 5.41) is 9.41. The van der Waals surface area contributed by atoms with E-state index in [4.69, 9.17) is 0 Å². The second kappa shape index (κ2) is 6.29. The molecule has 1 heterocycles. The lowest BCUT2D eigenvalue weighted by molar-refractivity contribution is -0.145. The summed E-state index contributed by atoms with van der Waals surface area (Å²) >= 11 is 0. The molecule has 20 heavy (non-hydrogen) atoms. The van der Waals surface area contributed by atoms with Crippen molar-refractivity contribution in [2.24, 2.45) is 5.92 Å². The maximum Gasteiger partial charge on any atom is 0.326 e. The van der Waals surface area contributed by atoms with E-state index >= 15 is 0 Å². The molecular formula is C15H26N2O3. The van der Waals surface area contributed by atoms with Gasteiger partial charge in [-0.15, -0.1) is 6.58 Å². The number of carboxylic acids is 1. The van der Waals surface area contributed by atoms with Gasteiger partial charge in [0.25, 0.3) is 0 Å². The zero-order valence-corrected chi connectivity index (χ0v) is 12.9. The number of piperidine rings is 1. The van der Waals surface area contributed by atoms with E-state index < -0.39 is 12.0 Å². The van der Waals surface area contributed by atoms with E-state index in [2.05, 4.69) is 6.58 Å². The van der Waals surface area contributed by atoms with Gasteiger partial charge in [0.15, 0.2) is 0 Å². The molecule has 1 N–H and O–H groups in total. The highest BCUT2D eigenvalue weighted by atomic mass is 16.4. The number of nitrogens with zero attached hydrogens (tertiary/aromatic N) is 2. The molecule has 0 aromatic carbocycles. The summed E-state index contributed by atoms with van der Waals surface area (Å²) in [6.07, 6.45) is 3.37. The van der Waals surface area contributed by atoms with Crippen LogP contribution >= 0.6 is 0 Å². The number of carbonyl (C=O) groups is 2. The van der Waals surface area contributed by atoms with E-state index in [0.717, 1.165) is 12.8 Å². The van der Waals surface area contributed by atoms with Crippen molar-refractivity contribution >= 4 is 12.0 Å². The molecule has 5 heteroatoms. The Morgan fingerprint density at radius 3 is 2.50 bits per heavy atom. The predicted molar refractivity (Wildman–Crippen MR) is 78.6 cm³/mol. The number of likely N-dealkylation sites (tertiary alicyclic amines) is 1. The number of amides is 2. The van der Waals surface area contributed by atoms with Gasteiger partial charge in [-0.25, -0.2) is 9.59 Å². The summed E-state index contributed by atoms with van der Waals surface area (Å²) in [6.45, 7) is 12.3. The van der Waals surface area contributed by atoms with Crippen LogP contribution < -0.4 is 0 Å². The van der Waals surface area contributed by atoms with Gasteiger partial charge >= 0.3 is 12.0 Å². The van der Waals surface area contributed by atoms with Crippen LogP contribution in [0.25, 0.3) is 0 Å². The second-order valence-electron chi connectivity index (χ2n) is 6.45. The van der Waals surface area contributed by atoms with Gasteiger partial charge in [0, 0.05) is 18.6 Å². The van der Waals surface area contributed by atoms with E-state index in [1.165, 1.54) is 4.90 Å². The number of rotatable bonds is 3. The van der Waals surface area contributed by atoms with Crippen LogP contribution in [-0.4, -0.2) is 51.6 Å². The highest BCUT2D eigenvalue weighted by molar-refractivity contribution is 5.83. The Morgan fingerprint density at radius 2 is 2.05 bits per heavy atom. The van der Waals surface area contributed by atoms with E-state index in [9.17, 15) is 14.7 Å². The molecule has 5 nitrogen and oxygen atoms in total. The fourth-order valence-electron chi connectivity index (χ4n) is 2.70. The van der Waals surface area contributed by atoms with Crippen molar-refractivity contribution in [1.29, 1.82) is 0 Å². The van der Waals surface area contributed by atoms with Crippen LogP contribution in [0.4, 0.5) is 4.79 Å². The average Bonchev–Trinajstić information content (AvgIpc) is 2.32. The molecule has 2 amide bonds. The normalized spacial score (nSPS) is 23.3. The van der Waals surface area contributed by atoms with Crippen LogP contribution in [0.3, 0.4) is 0 Å². The zero-order chi connectivity index (χ0) is 15.5. The molecule has 2 atom stereocenters. The Balaban J connectivity index is 3.02. The molecule has 1 fully saturated rings. The summed E-state index contributed by atoms with van der Waals surface area (Å²) in [7, 11) is 0. The van der Waals surface area contributed by atoms with Gasteiger partial charge < -0.3 is 14.9 Å². The Hall–Kier alpha value is -1.52. The first-order valence-corrected chi connectivity index (χ1v) is 7.12. The van der Waals surface area contributed by atoms with Crippen molar-refractivity contribution in [1.82, 2.24) is 9.80 Å². The monoisotopic (exact) mass is 282 g/mol. The van der Waals surface area contributed by atoms with Crippen molar-refractivity contribution < 1.29 is 14.7 Å². The van der Waals surface area contributed by atoms with Crippen LogP contribution in [-0.2, 0) is 4.79 Å². The molecule has 0 aromatic heterocycles. The van der Waals surface area contributed by atoms with Gasteiger partial charge in [-0.3, -0.25) is 0 Å². The molecule has 1 rings (SSSR count). The van der Waals surface area contributed by atoms with Crippen molar-refractivity contribution in [2.75, 3.05) is 13.1 Å². The summed E-state index contributed by atoms with van der Waals surface area (Å²) in [6, 6.07) is -0.942. The van der Waals surface area contributed by atoms with Gasteiger partial charge in [-0.2, -0.15) is 0 Å². The van der Waals surface area contributed by atoms with Crippen molar-refractivity contribution in [3.8, 4) is 0 Å². The topological polar surface area (TPSA) is 60.9 Å². The van der Waals surface area contributed by atoms with E-state index in [0.29, 0.717) is 13.1 Å². The second-order valence-corrected chi connectivity index (χ2v) is 6.45. The van der Waals surface area contributed by atoms with Crippen LogP contribution in [0.2, 0.25) is 0 Å². The van der Waals surface area contributed by atoms with Crippen molar-refractivity contribution in [3.05, 3.63) is 12.7 Å². The van der Waals surface area contributed by atoms with E-state index in [1.807, 2.05) is 27.7 Å². The standard InChI is InChI=1S/C15H26N2O3/c1-6-9-17(15(3,4)5)14(20)16-10-7-8-11(2)12(16)13(18)19/h6,11-12H,1,7-10H2,2-5H3,(H,18,19). The summed E-state index contributed by atoms with van der Waals surface area (Å²) in [5.41, 5.74) is -0.366. The Bertz CT molecular complexity index is 387. The molecule has 0 saturated carbocycles. The molecule has 0 radical (unpaired) electrons. The fourth-order valence-corrected chi connectivity index (χ4v) is 2.70.